The summed E-state index contributed by atoms with van der Waals surface area (Å²) in [5, 5.41) is 0. The highest BCUT2D eigenvalue weighted by molar-refractivity contribution is 6.55. The molecule has 0 unspecified atom stereocenters. The molecule has 0 radical (unpaired) electrons. The third-order valence-corrected chi connectivity index (χ3v) is 0.975. The first-order valence-electron chi connectivity index (χ1n) is 2.51. The number of allylic oxidation sites excluding steroid dienone is 1. The van der Waals surface area contributed by atoms with Crippen molar-refractivity contribution in [2.45, 2.75) is 12.4 Å². The van der Waals surface area contributed by atoms with Crippen LogP contribution in [0.3, 0.4) is 0 Å². The molecule has 76 valence electrons. The van der Waals surface area contributed by atoms with Crippen LogP contribution < -0.4 is 0 Å². The van der Waals surface area contributed by atoms with Crippen molar-refractivity contribution in [2.24, 2.45) is 0 Å². The minimum atomic E-state index is -5.58. The number of hydrogen-bond donors (Lipinski definition) is 0. The predicted octanol–water partition coefficient (Wildman–Crippen LogP) is 3.96. The summed E-state index contributed by atoms with van der Waals surface area (Å²) in [5.41, 5.74) is -2.09. The van der Waals surface area contributed by atoms with Crippen LogP contribution in [-0.2, 0) is 0 Å². The van der Waals surface area contributed by atoms with Gasteiger partial charge >= 0.3 is 12.4 Å². The average Bonchev–Trinajstić information content (AvgIpc) is 1.77. The van der Waals surface area contributed by atoms with Gasteiger partial charge in [0.25, 0.3) is 0 Å². The molecule has 0 aliphatic rings. The molecule has 8 heteroatoms. The lowest BCUT2D eigenvalue weighted by atomic mass is 10.3. The molecule has 0 rings (SSSR count). The zero-order valence-corrected chi connectivity index (χ0v) is 7.04. The Morgan fingerprint density at radius 1 is 0.846 bits per heavy atom. The molecule has 0 fully saturated rings. The standard InChI is InChI=1S/C5Cl2F6/c6-3(7)1-2(4(8,9)10)5(11,12)13. The molecule has 0 saturated heterocycles. The van der Waals surface area contributed by atoms with Gasteiger partial charge in [-0.25, -0.2) is 0 Å². The van der Waals surface area contributed by atoms with Crippen LogP contribution in [0.5, 0.6) is 0 Å². The summed E-state index contributed by atoms with van der Waals surface area (Å²) < 4.78 is 68.5. The van der Waals surface area contributed by atoms with Gasteiger partial charge in [-0.1, -0.05) is 28.9 Å². The van der Waals surface area contributed by atoms with E-state index in [0.29, 0.717) is 0 Å². The molecule has 0 spiro atoms. The first kappa shape index (κ1) is 12.7. The van der Waals surface area contributed by atoms with E-state index < -0.39 is 22.4 Å². The molecule has 0 bridgehead atoms. The van der Waals surface area contributed by atoms with E-state index in [1.807, 2.05) is 0 Å². The van der Waals surface area contributed by atoms with Gasteiger partial charge in [0.1, 0.15) is 4.49 Å². The highest BCUT2D eigenvalue weighted by Gasteiger charge is 2.51. The molecule has 0 aromatic heterocycles. The van der Waals surface area contributed by atoms with Crippen molar-refractivity contribution in [1.82, 2.24) is 0 Å². The van der Waals surface area contributed by atoms with Crippen molar-refractivity contribution in [3.63, 3.8) is 0 Å². The SMILES string of the molecule is FC(F)(F)C(=C=C(Cl)Cl)C(F)(F)F. The second-order valence-corrected chi connectivity index (χ2v) is 2.71. The van der Waals surface area contributed by atoms with E-state index >= 15 is 0 Å². The lowest BCUT2D eigenvalue weighted by Crippen LogP contribution is -2.25. The van der Waals surface area contributed by atoms with Crippen LogP contribution in [0.15, 0.2) is 15.8 Å². The van der Waals surface area contributed by atoms with Crippen molar-refractivity contribution >= 4 is 23.2 Å². The Kier molecular flexibility index (Phi) is 3.72. The number of alkyl halides is 6. The van der Waals surface area contributed by atoms with Gasteiger partial charge in [0, 0.05) is 0 Å². The molecule has 0 nitrogen and oxygen atoms in total. The van der Waals surface area contributed by atoms with Gasteiger partial charge < -0.3 is 0 Å². The van der Waals surface area contributed by atoms with Crippen LogP contribution in [0, 0.1) is 0 Å². The first-order chi connectivity index (χ1) is 5.55. The van der Waals surface area contributed by atoms with Crippen LogP contribution in [0.2, 0.25) is 0 Å². The van der Waals surface area contributed by atoms with E-state index in [9.17, 15) is 26.3 Å². The summed E-state index contributed by atoms with van der Waals surface area (Å²) in [6.07, 6.45) is -11.2. The van der Waals surface area contributed by atoms with Crippen molar-refractivity contribution in [3.05, 3.63) is 15.8 Å². The number of rotatable bonds is 0. The Hall–Kier alpha value is -0.320. The molecule has 0 atom stereocenters. The highest BCUT2D eigenvalue weighted by Crippen LogP contribution is 2.38. The molecular weight excluding hydrogens is 245 g/mol. The Bertz CT molecular complexity index is 233. The van der Waals surface area contributed by atoms with Gasteiger partial charge in [-0.2, -0.15) is 26.3 Å². The molecule has 0 aromatic carbocycles. The fraction of sp³-hybridized carbons (Fsp3) is 0.400. The maximum absolute atomic E-state index is 11.6. The van der Waals surface area contributed by atoms with Crippen molar-refractivity contribution in [3.8, 4) is 0 Å². The average molecular weight is 245 g/mol. The minimum Gasteiger partial charge on any atom is -0.165 e. The van der Waals surface area contributed by atoms with Crippen molar-refractivity contribution in [2.75, 3.05) is 0 Å². The fourth-order valence-corrected chi connectivity index (χ4v) is 0.586. The van der Waals surface area contributed by atoms with E-state index in [-0.39, 0.29) is 0 Å². The van der Waals surface area contributed by atoms with E-state index in [0.717, 1.165) is 5.73 Å². The highest BCUT2D eigenvalue weighted by atomic mass is 35.5. The second kappa shape index (κ2) is 3.82. The summed E-state index contributed by atoms with van der Waals surface area (Å²) in [7, 11) is 0. The normalized spacial score (nSPS) is 12.3. The Balaban J connectivity index is 5.41. The monoisotopic (exact) mass is 244 g/mol. The summed E-state index contributed by atoms with van der Waals surface area (Å²) in [6, 6.07) is 0. The molecule has 0 amide bonds. The van der Waals surface area contributed by atoms with E-state index in [1.54, 1.807) is 0 Å². The quantitative estimate of drug-likeness (QED) is 0.447. The van der Waals surface area contributed by atoms with Crippen LogP contribution in [0.4, 0.5) is 26.3 Å². The minimum absolute atomic E-state index is 0.774. The fourth-order valence-electron chi connectivity index (χ4n) is 0.397. The van der Waals surface area contributed by atoms with Crippen LogP contribution in [0.25, 0.3) is 0 Å². The van der Waals surface area contributed by atoms with Gasteiger partial charge in [0.15, 0.2) is 5.57 Å². The maximum atomic E-state index is 11.6. The molecule has 0 aliphatic heterocycles. The summed E-state index contributed by atoms with van der Waals surface area (Å²) in [6.45, 7) is 0. The lowest BCUT2D eigenvalue weighted by molar-refractivity contribution is -0.171. The number of hydrogen-bond acceptors (Lipinski definition) is 0. The van der Waals surface area contributed by atoms with E-state index in [1.165, 1.54) is 0 Å². The number of halogens is 8. The van der Waals surface area contributed by atoms with Gasteiger partial charge in [-0.3, -0.25) is 0 Å². The molecule has 0 aromatic rings. The molecule has 13 heavy (non-hydrogen) atoms. The van der Waals surface area contributed by atoms with Gasteiger partial charge in [-0.15, -0.1) is 0 Å². The predicted molar refractivity (Wildman–Crippen MR) is 34.4 cm³/mol. The smallest absolute Gasteiger partial charge is 0.165 e. The Morgan fingerprint density at radius 2 is 1.15 bits per heavy atom. The van der Waals surface area contributed by atoms with E-state index in [2.05, 4.69) is 23.2 Å². The van der Waals surface area contributed by atoms with Crippen LogP contribution >= 0.6 is 23.2 Å². The zero-order chi connectivity index (χ0) is 10.9. The lowest BCUT2D eigenvalue weighted by Gasteiger charge is -2.11. The summed E-state index contributed by atoms with van der Waals surface area (Å²) in [5.74, 6) is 0. The third kappa shape index (κ3) is 4.45. The van der Waals surface area contributed by atoms with Crippen LogP contribution in [-0.4, -0.2) is 12.4 Å². The molecular formula is C5Cl2F6. The van der Waals surface area contributed by atoms with Crippen LogP contribution in [0.1, 0.15) is 0 Å². The van der Waals surface area contributed by atoms with Gasteiger partial charge in [0.2, 0.25) is 0 Å². The third-order valence-electron chi connectivity index (χ3n) is 0.786. The first-order valence-corrected chi connectivity index (χ1v) is 3.27. The topological polar surface area (TPSA) is 0 Å². The van der Waals surface area contributed by atoms with Crippen molar-refractivity contribution < 1.29 is 26.3 Å². The second-order valence-electron chi connectivity index (χ2n) is 1.76. The molecule has 0 heterocycles. The zero-order valence-electron chi connectivity index (χ0n) is 5.52. The van der Waals surface area contributed by atoms with E-state index in [4.69, 9.17) is 0 Å². The Morgan fingerprint density at radius 3 is 1.23 bits per heavy atom. The molecule has 0 N–H and O–H groups in total. The maximum Gasteiger partial charge on any atom is 0.428 e. The van der Waals surface area contributed by atoms with Gasteiger partial charge in [0.05, 0.1) is 0 Å². The summed E-state index contributed by atoms with van der Waals surface area (Å²) in [4.78, 5) is 0. The molecule has 0 saturated carbocycles. The molecule has 0 aliphatic carbocycles. The van der Waals surface area contributed by atoms with Crippen molar-refractivity contribution in [1.29, 1.82) is 0 Å². The Labute approximate surface area is 78.4 Å². The largest absolute Gasteiger partial charge is 0.428 e. The van der Waals surface area contributed by atoms with Gasteiger partial charge in [-0.05, 0) is 0 Å². The summed E-state index contributed by atoms with van der Waals surface area (Å²) >= 11 is 9.27.